The Kier molecular flexibility index (Phi) is 2.10. The van der Waals surface area contributed by atoms with Gasteiger partial charge in [0.15, 0.2) is 0 Å². The second kappa shape index (κ2) is 3.60. The summed E-state index contributed by atoms with van der Waals surface area (Å²) in [6.45, 7) is 0. The number of carbonyl (C=O) groups excluding carboxylic acids is 1. The molecule has 0 unspecified atom stereocenters. The molecule has 0 radical (unpaired) electrons. The molecule has 0 aliphatic heterocycles. The van der Waals surface area contributed by atoms with Crippen molar-refractivity contribution in [2.24, 2.45) is 0 Å². The molecule has 0 heterocycles. The van der Waals surface area contributed by atoms with Crippen LogP contribution in [0.2, 0.25) is 0 Å². The summed E-state index contributed by atoms with van der Waals surface area (Å²) in [5.74, 6) is 0. The minimum atomic E-state index is 0.509. The van der Waals surface area contributed by atoms with Crippen molar-refractivity contribution in [2.75, 3.05) is 0 Å². The van der Waals surface area contributed by atoms with E-state index in [2.05, 4.69) is 42.5 Å². The molecule has 1 nitrogen and oxygen atoms in total. The van der Waals surface area contributed by atoms with Crippen molar-refractivity contribution in [1.29, 1.82) is 0 Å². The third-order valence-corrected chi connectivity index (χ3v) is 3.18. The predicted octanol–water partition coefficient (Wildman–Crippen LogP) is 3.00. The SMILES string of the molecule is O=CCc1ccc2c(c1)-c1ccccc1C2. The predicted molar refractivity (Wildman–Crippen MR) is 64.5 cm³/mol. The van der Waals surface area contributed by atoms with Gasteiger partial charge in [-0.2, -0.15) is 0 Å². The van der Waals surface area contributed by atoms with E-state index in [4.69, 9.17) is 0 Å². The molecule has 1 aliphatic rings. The molecule has 0 fully saturated rings. The summed E-state index contributed by atoms with van der Waals surface area (Å²) in [6, 6.07) is 14.8. The zero-order valence-electron chi connectivity index (χ0n) is 8.94. The first-order valence-corrected chi connectivity index (χ1v) is 5.52. The Labute approximate surface area is 94.7 Å². The summed E-state index contributed by atoms with van der Waals surface area (Å²) >= 11 is 0. The highest BCUT2D eigenvalue weighted by Gasteiger charge is 2.17. The summed E-state index contributed by atoms with van der Waals surface area (Å²) in [6.07, 6.45) is 2.49. The third kappa shape index (κ3) is 1.36. The lowest BCUT2D eigenvalue weighted by molar-refractivity contribution is -0.107. The molecule has 2 aromatic carbocycles. The smallest absolute Gasteiger partial charge is 0.124 e. The molecule has 0 aromatic heterocycles. The lowest BCUT2D eigenvalue weighted by Crippen LogP contribution is -1.87. The molecular weight excluding hydrogens is 196 g/mol. The van der Waals surface area contributed by atoms with E-state index >= 15 is 0 Å². The average molecular weight is 208 g/mol. The maximum atomic E-state index is 10.5. The second-order valence-electron chi connectivity index (χ2n) is 4.20. The van der Waals surface area contributed by atoms with Gasteiger partial charge in [0.05, 0.1) is 0 Å². The van der Waals surface area contributed by atoms with Crippen LogP contribution in [0.5, 0.6) is 0 Å². The topological polar surface area (TPSA) is 17.1 Å². The van der Waals surface area contributed by atoms with Crippen LogP contribution < -0.4 is 0 Å². The molecule has 0 spiro atoms. The fourth-order valence-electron chi connectivity index (χ4n) is 2.39. The first kappa shape index (κ1) is 9.34. The molecule has 16 heavy (non-hydrogen) atoms. The standard InChI is InChI=1S/C15H12O/c16-8-7-11-5-6-13-10-12-3-1-2-4-14(12)15(13)9-11/h1-6,8-9H,7,10H2. The van der Waals surface area contributed by atoms with Crippen molar-refractivity contribution in [2.45, 2.75) is 12.8 Å². The molecule has 0 saturated heterocycles. The average Bonchev–Trinajstić information content (AvgIpc) is 2.68. The minimum absolute atomic E-state index is 0.509. The molecular formula is C15H12O. The van der Waals surface area contributed by atoms with Gasteiger partial charge in [-0.1, -0.05) is 42.5 Å². The Morgan fingerprint density at radius 2 is 1.81 bits per heavy atom. The molecule has 1 aliphatic carbocycles. The van der Waals surface area contributed by atoms with Crippen molar-refractivity contribution in [3.8, 4) is 11.1 Å². The number of benzene rings is 2. The van der Waals surface area contributed by atoms with Crippen LogP contribution in [0.15, 0.2) is 42.5 Å². The van der Waals surface area contributed by atoms with Crippen LogP contribution in [0.3, 0.4) is 0 Å². The fraction of sp³-hybridized carbons (Fsp3) is 0.133. The van der Waals surface area contributed by atoms with Crippen LogP contribution in [0.4, 0.5) is 0 Å². The molecule has 3 rings (SSSR count). The van der Waals surface area contributed by atoms with E-state index in [9.17, 15) is 4.79 Å². The van der Waals surface area contributed by atoms with Crippen molar-refractivity contribution < 1.29 is 4.79 Å². The highest BCUT2D eigenvalue weighted by molar-refractivity contribution is 5.77. The first-order valence-electron chi connectivity index (χ1n) is 5.52. The van der Waals surface area contributed by atoms with Crippen LogP contribution in [0.1, 0.15) is 16.7 Å². The molecule has 2 aromatic rings. The fourth-order valence-corrected chi connectivity index (χ4v) is 2.39. The van der Waals surface area contributed by atoms with Gasteiger partial charge in [-0.25, -0.2) is 0 Å². The summed E-state index contributed by atoms with van der Waals surface area (Å²) in [5, 5.41) is 0. The summed E-state index contributed by atoms with van der Waals surface area (Å²) in [4.78, 5) is 10.5. The maximum Gasteiger partial charge on any atom is 0.124 e. The summed E-state index contributed by atoms with van der Waals surface area (Å²) in [7, 11) is 0. The Morgan fingerprint density at radius 1 is 1.00 bits per heavy atom. The molecule has 0 atom stereocenters. The van der Waals surface area contributed by atoms with Gasteiger partial charge < -0.3 is 4.79 Å². The lowest BCUT2D eigenvalue weighted by Gasteiger charge is -2.02. The zero-order chi connectivity index (χ0) is 11.0. The van der Waals surface area contributed by atoms with Crippen LogP contribution >= 0.6 is 0 Å². The van der Waals surface area contributed by atoms with E-state index in [1.165, 1.54) is 22.3 Å². The Bertz CT molecular complexity index is 555. The van der Waals surface area contributed by atoms with Crippen molar-refractivity contribution >= 4 is 6.29 Å². The molecule has 78 valence electrons. The van der Waals surface area contributed by atoms with Gasteiger partial charge in [-0.15, -0.1) is 0 Å². The van der Waals surface area contributed by atoms with Crippen LogP contribution in [0, 0.1) is 0 Å². The number of aldehydes is 1. The Morgan fingerprint density at radius 3 is 2.69 bits per heavy atom. The zero-order valence-corrected chi connectivity index (χ0v) is 8.94. The largest absolute Gasteiger partial charge is 0.303 e. The molecule has 0 N–H and O–H groups in total. The van der Waals surface area contributed by atoms with Crippen LogP contribution in [-0.4, -0.2) is 6.29 Å². The van der Waals surface area contributed by atoms with Crippen molar-refractivity contribution in [3.63, 3.8) is 0 Å². The molecule has 0 saturated carbocycles. The van der Waals surface area contributed by atoms with Gasteiger partial charge in [0.2, 0.25) is 0 Å². The molecule has 1 heteroatoms. The van der Waals surface area contributed by atoms with E-state index in [0.717, 1.165) is 18.3 Å². The van der Waals surface area contributed by atoms with Gasteiger partial charge in [0.1, 0.15) is 6.29 Å². The van der Waals surface area contributed by atoms with Gasteiger partial charge in [-0.05, 0) is 34.2 Å². The van der Waals surface area contributed by atoms with Crippen LogP contribution in [0.25, 0.3) is 11.1 Å². The maximum absolute atomic E-state index is 10.5. The number of fused-ring (bicyclic) bond motifs is 3. The Hall–Kier alpha value is -1.89. The molecule has 0 amide bonds. The van der Waals surface area contributed by atoms with E-state index in [0.29, 0.717) is 6.42 Å². The van der Waals surface area contributed by atoms with Gasteiger partial charge in [0.25, 0.3) is 0 Å². The van der Waals surface area contributed by atoms with Gasteiger partial charge in [-0.3, -0.25) is 0 Å². The minimum Gasteiger partial charge on any atom is -0.303 e. The normalized spacial score (nSPS) is 12.0. The summed E-state index contributed by atoms with van der Waals surface area (Å²) < 4.78 is 0. The number of hydrogen-bond acceptors (Lipinski definition) is 1. The lowest BCUT2D eigenvalue weighted by atomic mass is 10.0. The van der Waals surface area contributed by atoms with E-state index in [-0.39, 0.29) is 0 Å². The highest BCUT2D eigenvalue weighted by Crippen LogP contribution is 2.36. The Balaban J connectivity index is 2.14. The quantitative estimate of drug-likeness (QED) is 0.592. The number of carbonyl (C=O) groups is 1. The van der Waals surface area contributed by atoms with Gasteiger partial charge >= 0.3 is 0 Å². The van der Waals surface area contributed by atoms with E-state index in [1.807, 2.05) is 0 Å². The van der Waals surface area contributed by atoms with Crippen molar-refractivity contribution in [1.82, 2.24) is 0 Å². The van der Waals surface area contributed by atoms with Gasteiger partial charge in [0, 0.05) is 6.42 Å². The number of hydrogen-bond donors (Lipinski definition) is 0. The van der Waals surface area contributed by atoms with E-state index < -0.39 is 0 Å². The van der Waals surface area contributed by atoms with Crippen molar-refractivity contribution in [3.05, 3.63) is 59.2 Å². The highest BCUT2D eigenvalue weighted by atomic mass is 16.1. The molecule has 0 bridgehead atoms. The van der Waals surface area contributed by atoms with Crippen LogP contribution in [-0.2, 0) is 17.6 Å². The third-order valence-electron chi connectivity index (χ3n) is 3.18. The summed E-state index contributed by atoms with van der Waals surface area (Å²) in [5.41, 5.74) is 6.49. The first-order chi connectivity index (χ1) is 7.88. The number of rotatable bonds is 2. The second-order valence-corrected chi connectivity index (χ2v) is 4.20. The van der Waals surface area contributed by atoms with E-state index in [1.54, 1.807) is 0 Å². The monoisotopic (exact) mass is 208 g/mol.